The molecule has 6 nitrogen and oxygen atoms in total. The Labute approximate surface area is 160 Å². The van der Waals surface area contributed by atoms with E-state index in [1.54, 1.807) is 13.3 Å². The molecule has 4 heterocycles. The summed E-state index contributed by atoms with van der Waals surface area (Å²) in [7, 11) is 1.67. The van der Waals surface area contributed by atoms with Crippen LogP contribution in [0, 0.1) is 6.92 Å². The summed E-state index contributed by atoms with van der Waals surface area (Å²) in [6.45, 7) is 6.02. The van der Waals surface area contributed by atoms with E-state index in [0.29, 0.717) is 12.5 Å². The second kappa shape index (κ2) is 7.92. The lowest BCUT2D eigenvalue weighted by molar-refractivity contribution is -0.200. The summed E-state index contributed by atoms with van der Waals surface area (Å²) in [6.07, 6.45) is 3.88. The Kier molecular flexibility index (Phi) is 5.38. The molecule has 6 heteroatoms. The van der Waals surface area contributed by atoms with Crippen molar-refractivity contribution < 1.29 is 14.2 Å². The van der Waals surface area contributed by atoms with Gasteiger partial charge in [-0.05, 0) is 31.5 Å². The Morgan fingerprint density at radius 3 is 2.96 bits per heavy atom. The number of aromatic nitrogens is 2. The van der Waals surface area contributed by atoms with E-state index >= 15 is 0 Å². The van der Waals surface area contributed by atoms with Gasteiger partial charge in [0.25, 0.3) is 0 Å². The maximum atomic E-state index is 6.15. The summed E-state index contributed by atoms with van der Waals surface area (Å²) < 4.78 is 17.7. The molecule has 0 radical (unpaired) electrons. The van der Waals surface area contributed by atoms with Gasteiger partial charge in [-0.2, -0.15) is 0 Å². The zero-order chi connectivity index (χ0) is 18.7. The molecule has 0 amide bonds. The highest BCUT2D eigenvalue weighted by atomic mass is 16.5. The number of rotatable bonds is 6. The molecule has 0 aromatic carbocycles. The van der Waals surface area contributed by atoms with Gasteiger partial charge in [0, 0.05) is 50.1 Å². The van der Waals surface area contributed by atoms with Gasteiger partial charge in [0.1, 0.15) is 0 Å². The lowest BCUT2D eigenvalue weighted by atomic mass is 9.84. The van der Waals surface area contributed by atoms with Gasteiger partial charge in [-0.3, -0.25) is 9.88 Å². The second-order valence-electron chi connectivity index (χ2n) is 7.54. The molecule has 2 aromatic rings. The summed E-state index contributed by atoms with van der Waals surface area (Å²) >= 11 is 0. The number of aryl methyl sites for hydroxylation is 1. The topological polar surface area (TPSA) is 56.7 Å². The van der Waals surface area contributed by atoms with Crippen molar-refractivity contribution in [3.8, 4) is 5.88 Å². The minimum Gasteiger partial charge on any atom is -0.481 e. The van der Waals surface area contributed by atoms with Gasteiger partial charge in [-0.15, -0.1) is 0 Å². The van der Waals surface area contributed by atoms with E-state index in [1.165, 1.54) is 0 Å². The minimum atomic E-state index is -0.0710. The van der Waals surface area contributed by atoms with Crippen LogP contribution in [0.3, 0.4) is 0 Å². The van der Waals surface area contributed by atoms with Gasteiger partial charge in [0.15, 0.2) is 0 Å². The fourth-order valence-corrected chi connectivity index (χ4v) is 4.08. The van der Waals surface area contributed by atoms with Crippen LogP contribution in [0.2, 0.25) is 0 Å². The molecule has 1 spiro atoms. The number of methoxy groups -OCH3 is 1. The van der Waals surface area contributed by atoms with Crippen molar-refractivity contribution >= 4 is 0 Å². The SMILES string of the molecule is COc1ncccc1CN1CC2(CC(OCc3cccc(C)n3)CCO2)C1. The monoisotopic (exact) mass is 369 g/mol. The second-order valence-corrected chi connectivity index (χ2v) is 7.54. The van der Waals surface area contributed by atoms with Crippen molar-refractivity contribution in [2.45, 2.75) is 44.6 Å². The number of pyridine rings is 2. The Bertz CT molecular complexity index is 777. The van der Waals surface area contributed by atoms with E-state index < -0.39 is 0 Å². The maximum absolute atomic E-state index is 6.15. The third-order valence-corrected chi connectivity index (χ3v) is 5.32. The fraction of sp³-hybridized carbons (Fsp3) is 0.524. The van der Waals surface area contributed by atoms with E-state index in [1.807, 2.05) is 31.2 Å². The van der Waals surface area contributed by atoms with Crippen LogP contribution in [-0.2, 0) is 22.6 Å². The van der Waals surface area contributed by atoms with Gasteiger partial charge >= 0.3 is 0 Å². The van der Waals surface area contributed by atoms with Crippen molar-refractivity contribution in [2.24, 2.45) is 0 Å². The van der Waals surface area contributed by atoms with Gasteiger partial charge in [-0.1, -0.05) is 12.1 Å². The van der Waals surface area contributed by atoms with E-state index in [-0.39, 0.29) is 11.7 Å². The molecule has 0 saturated carbocycles. The van der Waals surface area contributed by atoms with Crippen LogP contribution in [0.15, 0.2) is 36.5 Å². The number of ether oxygens (including phenoxy) is 3. The first-order valence-electron chi connectivity index (χ1n) is 9.54. The molecular formula is C21H27N3O3. The third-order valence-electron chi connectivity index (χ3n) is 5.32. The van der Waals surface area contributed by atoms with Gasteiger partial charge < -0.3 is 14.2 Å². The van der Waals surface area contributed by atoms with Crippen LogP contribution in [-0.4, -0.2) is 53.4 Å². The van der Waals surface area contributed by atoms with Crippen LogP contribution < -0.4 is 4.74 Å². The van der Waals surface area contributed by atoms with Gasteiger partial charge in [-0.25, -0.2) is 4.98 Å². The molecule has 2 aliphatic heterocycles. The molecule has 1 atom stereocenters. The average molecular weight is 369 g/mol. The predicted octanol–water partition coefficient (Wildman–Crippen LogP) is 2.74. The molecule has 1 unspecified atom stereocenters. The van der Waals surface area contributed by atoms with Crippen molar-refractivity contribution in [3.63, 3.8) is 0 Å². The minimum absolute atomic E-state index is 0.0710. The lowest BCUT2D eigenvalue weighted by Gasteiger charge is -2.53. The Balaban J connectivity index is 1.29. The molecule has 144 valence electrons. The molecule has 27 heavy (non-hydrogen) atoms. The average Bonchev–Trinajstić information content (AvgIpc) is 2.66. The fourth-order valence-electron chi connectivity index (χ4n) is 4.08. The van der Waals surface area contributed by atoms with E-state index in [0.717, 1.165) is 56.0 Å². The third kappa shape index (κ3) is 4.29. The van der Waals surface area contributed by atoms with Crippen LogP contribution in [0.25, 0.3) is 0 Å². The van der Waals surface area contributed by atoms with Crippen LogP contribution in [0.4, 0.5) is 0 Å². The van der Waals surface area contributed by atoms with E-state index in [4.69, 9.17) is 14.2 Å². The summed E-state index contributed by atoms with van der Waals surface area (Å²) in [5, 5.41) is 0. The molecule has 0 N–H and O–H groups in total. The zero-order valence-corrected chi connectivity index (χ0v) is 16.1. The first-order chi connectivity index (χ1) is 13.2. The standard InChI is InChI=1S/C21H27N3O3/c1-16-5-3-7-18(23-16)13-26-19-8-10-27-21(11-19)14-24(15-21)12-17-6-4-9-22-20(17)25-2/h3-7,9,19H,8,10-15H2,1-2H3. The molecular weight excluding hydrogens is 342 g/mol. The quantitative estimate of drug-likeness (QED) is 0.780. The predicted molar refractivity (Wildman–Crippen MR) is 102 cm³/mol. The first kappa shape index (κ1) is 18.3. The number of hydrogen-bond acceptors (Lipinski definition) is 6. The molecule has 2 saturated heterocycles. The van der Waals surface area contributed by atoms with Crippen molar-refractivity contribution in [1.82, 2.24) is 14.9 Å². The molecule has 2 aliphatic rings. The molecule has 0 aliphatic carbocycles. The van der Waals surface area contributed by atoms with E-state index in [9.17, 15) is 0 Å². The molecule has 2 aromatic heterocycles. The zero-order valence-electron chi connectivity index (χ0n) is 16.1. The first-order valence-corrected chi connectivity index (χ1v) is 9.54. The highest BCUT2D eigenvalue weighted by molar-refractivity contribution is 5.25. The van der Waals surface area contributed by atoms with Crippen LogP contribution in [0.1, 0.15) is 29.8 Å². The summed E-state index contributed by atoms with van der Waals surface area (Å²) in [6, 6.07) is 10.1. The smallest absolute Gasteiger partial charge is 0.217 e. The number of nitrogens with zero attached hydrogens (tertiary/aromatic N) is 3. The summed E-state index contributed by atoms with van der Waals surface area (Å²) in [5.41, 5.74) is 3.07. The molecule has 0 bridgehead atoms. The lowest BCUT2D eigenvalue weighted by Crippen LogP contribution is -2.65. The van der Waals surface area contributed by atoms with Gasteiger partial charge in [0.05, 0.1) is 31.1 Å². The van der Waals surface area contributed by atoms with Crippen molar-refractivity contribution in [1.29, 1.82) is 0 Å². The summed E-state index contributed by atoms with van der Waals surface area (Å²) in [4.78, 5) is 11.2. The maximum Gasteiger partial charge on any atom is 0.217 e. The number of likely N-dealkylation sites (tertiary alicyclic amines) is 1. The van der Waals surface area contributed by atoms with Gasteiger partial charge in [0.2, 0.25) is 5.88 Å². The Morgan fingerprint density at radius 1 is 1.26 bits per heavy atom. The van der Waals surface area contributed by atoms with Crippen LogP contribution >= 0.6 is 0 Å². The number of hydrogen-bond donors (Lipinski definition) is 0. The highest BCUT2D eigenvalue weighted by Gasteiger charge is 2.47. The normalized spacial score (nSPS) is 21.8. The van der Waals surface area contributed by atoms with Crippen molar-refractivity contribution in [2.75, 3.05) is 26.8 Å². The molecule has 4 rings (SSSR count). The summed E-state index contributed by atoms with van der Waals surface area (Å²) in [5.74, 6) is 0.704. The Hall–Kier alpha value is -2.02. The highest BCUT2D eigenvalue weighted by Crippen LogP contribution is 2.36. The van der Waals surface area contributed by atoms with Crippen LogP contribution in [0.5, 0.6) is 5.88 Å². The Morgan fingerprint density at radius 2 is 2.15 bits per heavy atom. The van der Waals surface area contributed by atoms with Crippen molar-refractivity contribution in [3.05, 3.63) is 53.5 Å². The molecule has 2 fully saturated rings. The largest absolute Gasteiger partial charge is 0.481 e. The van der Waals surface area contributed by atoms with E-state index in [2.05, 4.69) is 20.9 Å².